The molecule has 1 rings (SSSR count). The van der Waals surface area contributed by atoms with Crippen LogP contribution in [0.1, 0.15) is 26.7 Å². The fourth-order valence-corrected chi connectivity index (χ4v) is 1.24. The third-order valence-electron chi connectivity index (χ3n) is 2.30. The second-order valence-corrected chi connectivity index (χ2v) is 3.69. The summed E-state index contributed by atoms with van der Waals surface area (Å²) in [6.45, 7) is 3.81. The first-order valence-electron chi connectivity index (χ1n) is 4.46. The van der Waals surface area contributed by atoms with Gasteiger partial charge in [-0.15, -0.1) is 0 Å². The SMILES string of the molecule is COC1CC(NC(=O)C(C)C)C1. The van der Waals surface area contributed by atoms with Crippen LogP contribution in [0, 0.1) is 5.92 Å². The Balaban J connectivity index is 2.14. The zero-order chi connectivity index (χ0) is 9.14. The number of hydrogen-bond donors (Lipinski definition) is 1. The minimum atomic E-state index is 0.0894. The quantitative estimate of drug-likeness (QED) is 0.686. The summed E-state index contributed by atoms with van der Waals surface area (Å²) in [7, 11) is 1.71. The molecule has 0 atom stereocenters. The van der Waals surface area contributed by atoms with E-state index in [1.54, 1.807) is 7.11 Å². The maximum atomic E-state index is 11.2. The van der Waals surface area contributed by atoms with Crippen molar-refractivity contribution < 1.29 is 9.53 Å². The van der Waals surface area contributed by atoms with E-state index in [-0.39, 0.29) is 11.8 Å². The van der Waals surface area contributed by atoms with Crippen molar-refractivity contribution in [2.24, 2.45) is 5.92 Å². The molecule has 0 aromatic carbocycles. The lowest BCUT2D eigenvalue weighted by Crippen LogP contribution is -2.48. The Kier molecular flexibility index (Phi) is 3.09. The van der Waals surface area contributed by atoms with Gasteiger partial charge in [0, 0.05) is 19.1 Å². The first-order valence-corrected chi connectivity index (χ1v) is 4.46. The molecule has 1 N–H and O–H groups in total. The highest BCUT2D eigenvalue weighted by Crippen LogP contribution is 2.22. The Morgan fingerprint density at radius 1 is 1.50 bits per heavy atom. The predicted octanol–water partition coefficient (Wildman–Crippen LogP) is 0.936. The molecule has 3 nitrogen and oxygen atoms in total. The molecule has 0 radical (unpaired) electrons. The smallest absolute Gasteiger partial charge is 0.222 e. The van der Waals surface area contributed by atoms with Gasteiger partial charge in [0.2, 0.25) is 5.91 Å². The number of rotatable bonds is 3. The molecule has 0 aromatic rings. The maximum Gasteiger partial charge on any atom is 0.222 e. The van der Waals surface area contributed by atoms with Crippen LogP contribution in [0.4, 0.5) is 0 Å². The minimum absolute atomic E-state index is 0.0894. The van der Waals surface area contributed by atoms with Crippen LogP contribution in [0.2, 0.25) is 0 Å². The lowest BCUT2D eigenvalue weighted by molar-refractivity contribution is -0.126. The largest absolute Gasteiger partial charge is 0.381 e. The van der Waals surface area contributed by atoms with Crippen LogP contribution in [-0.2, 0) is 9.53 Å². The first-order chi connectivity index (χ1) is 5.63. The molecule has 0 aliphatic heterocycles. The van der Waals surface area contributed by atoms with E-state index in [4.69, 9.17) is 4.74 Å². The second kappa shape index (κ2) is 3.90. The van der Waals surface area contributed by atoms with Gasteiger partial charge >= 0.3 is 0 Å². The fraction of sp³-hybridized carbons (Fsp3) is 0.889. The van der Waals surface area contributed by atoms with Gasteiger partial charge < -0.3 is 10.1 Å². The number of nitrogens with one attached hydrogen (secondary N) is 1. The van der Waals surface area contributed by atoms with E-state index in [1.165, 1.54) is 0 Å². The molecule has 12 heavy (non-hydrogen) atoms. The summed E-state index contributed by atoms with van der Waals surface area (Å²) in [5, 5.41) is 2.96. The van der Waals surface area contributed by atoms with E-state index < -0.39 is 0 Å². The van der Waals surface area contributed by atoms with Crippen LogP contribution in [-0.4, -0.2) is 25.2 Å². The third kappa shape index (κ3) is 2.21. The van der Waals surface area contributed by atoms with Crippen LogP contribution < -0.4 is 5.32 Å². The van der Waals surface area contributed by atoms with E-state index in [1.807, 2.05) is 13.8 Å². The minimum Gasteiger partial charge on any atom is -0.381 e. The molecule has 0 aromatic heterocycles. The fourth-order valence-electron chi connectivity index (χ4n) is 1.24. The van der Waals surface area contributed by atoms with Crippen molar-refractivity contribution in [1.29, 1.82) is 0 Å². The monoisotopic (exact) mass is 171 g/mol. The van der Waals surface area contributed by atoms with Gasteiger partial charge in [0.15, 0.2) is 0 Å². The standard InChI is InChI=1S/C9H17NO2/c1-6(2)9(11)10-7-4-8(5-7)12-3/h6-8H,4-5H2,1-3H3,(H,10,11). The normalized spacial score (nSPS) is 28.3. The lowest BCUT2D eigenvalue weighted by Gasteiger charge is -2.34. The molecular weight excluding hydrogens is 154 g/mol. The maximum absolute atomic E-state index is 11.2. The Bertz CT molecular complexity index is 162. The van der Waals surface area contributed by atoms with E-state index in [0.717, 1.165) is 12.8 Å². The van der Waals surface area contributed by atoms with E-state index in [2.05, 4.69) is 5.32 Å². The van der Waals surface area contributed by atoms with Crippen molar-refractivity contribution in [1.82, 2.24) is 5.32 Å². The highest BCUT2D eigenvalue weighted by molar-refractivity contribution is 5.78. The third-order valence-corrected chi connectivity index (χ3v) is 2.30. The van der Waals surface area contributed by atoms with Crippen LogP contribution >= 0.6 is 0 Å². The summed E-state index contributed by atoms with van der Waals surface area (Å²) >= 11 is 0. The average Bonchev–Trinajstić information content (AvgIpc) is 1.94. The summed E-state index contributed by atoms with van der Waals surface area (Å²) < 4.78 is 5.11. The molecule has 70 valence electrons. The van der Waals surface area contributed by atoms with E-state index in [0.29, 0.717) is 12.1 Å². The number of carbonyl (C=O) groups excluding carboxylic acids is 1. The van der Waals surface area contributed by atoms with Gasteiger partial charge in [-0.1, -0.05) is 13.8 Å². The number of carbonyl (C=O) groups is 1. The summed E-state index contributed by atoms with van der Waals surface area (Å²) in [4.78, 5) is 11.2. The number of methoxy groups -OCH3 is 1. The Morgan fingerprint density at radius 2 is 2.08 bits per heavy atom. The van der Waals surface area contributed by atoms with Crippen LogP contribution in [0.25, 0.3) is 0 Å². The summed E-state index contributed by atoms with van der Waals surface area (Å²) in [6.07, 6.45) is 2.30. The molecule has 1 amide bonds. The number of amides is 1. The Labute approximate surface area is 73.5 Å². The van der Waals surface area contributed by atoms with Crippen molar-refractivity contribution in [2.45, 2.75) is 38.8 Å². The molecule has 1 aliphatic carbocycles. The topological polar surface area (TPSA) is 38.3 Å². The lowest BCUT2D eigenvalue weighted by atomic mass is 9.89. The molecule has 0 saturated heterocycles. The highest BCUT2D eigenvalue weighted by atomic mass is 16.5. The molecule has 0 unspecified atom stereocenters. The van der Waals surface area contributed by atoms with Gasteiger partial charge in [0.05, 0.1) is 6.10 Å². The molecular formula is C9H17NO2. The van der Waals surface area contributed by atoms with Crippen molar-refractivity contribution in [3.63, 3.8) is 0 Å². The van der Waals surface area contributed by atoms with Crippen LogP contribution in [0.3, 0.4) is 0 Å². The van der Waals surface area contributed by atoms with Crippen molar-refractivity contribution >= 4 is 5.91 Å². The zero-order valence-corrected chi connectivity index (χ0v) is 7.96. The molecule has 1 saturated carbocycles. The van der Waals surface area contributed by atoms with Crippen LogP contribution in [0.15, 0.2) is 0 Å². The summed E-state index contributed by atoms with van der Waals surface area (Å²) in [5.41, 5.74) is 0. The highest BCUT2D eigenvalue weighted by Gasteiger charge is 2.30. The van der Waals surface area contributed by atoms with Crippen molar-refractivity contribution in [3.8, 4) is 0 Å². The summed E-state index contributed by atoms with van der Waals surface area (Å²) in [6, 6.07) is 0.352. The van der Waals surface area contributed by atoms with Gasteiger partial charge in [-0.3, -0.25) is 4.79 Å². The van der Waals surface area contributed by atoms with E-state index in [9.17, 15) is 4.79 Å². The molecule has 0 spiro atoms. The number of ether oxygens (including phenoxy) is 1. The Hall–Kier alpha value is -0.570. The van der Waals surface area contributed by atoms with Crippen molar-refractivity contribution in [3.05, 3.63) is 0 Å². The van der Waals surface area contributed by atoms with Gasteiger partial charge in [-0.2, -0.15) is 0 Å². The second-order valence-electron chi connectivity index (χ2n) is 3.69. The predicted molar refractivity (Wildman–Crippen MR) is 46.8 cm³/mol. The van der Waals surface area contributed by atoms with Crippen LogP contribution in [0.5, 0.6) is 0 Å². The molecule has 3 heteroatoms. The molecule has 0 heterocycles. The number of hydrogen-bond acceptors (Lipinski definition) is 2. The molecule has 1 aliphatic rings. The Morgan fingerprint density at radius 3 is 2.50 bits per heavy atom. The van der Waals surface area contributed by atoms with E-state index >= 15 is 0 Å². The zero-order valence-electron chi connectivity index (χ0n) is 7.96. The molecule has 1 fully saturated rings. The van der Waals surface area contributed by atoms with Crippen molar-refractivity contribution in [2.75, 3.05) is 7.11 Å². The van der Waals surface area contributed by atoms with Gasteiger partial charge in [0.25, 0.3) is 0 Å². The van der Waals surface area contributed by atoms with Gasteiger partial charge in [-0.25, -0.2) is 0 Å². The molecule has 0 bridgehead atoms. The van der Waals surface area contributed by atoms with Gasteiger partial charge in [0.1, 0.15) is 0 Å². The first kappa shape index (κ1) is 9.52. The van der Waals surface area contributed by atoms with Gasteiger partial charge in [-0.05, 0) is 12.8 Å². The summed E-state index contributed by atoms with van der Waals surface area (Å²) in [5.74, 6) is 0.237. The average molecular weight is 171 g/mol.